The average Bonchev–Trinajstić information content (AvgIpc) is 3.47. The van der Waals surface area contributed by atoms with Crippen molar-refractivity contribution >= 4 is 29.0 Å². The van der Waals surface area contributed by atoms with Crippen LogP contribution in [0.5, 0.6) is 0 Å². The van der Waals surface area contributed by atoms with Crippen LogP contribution < -0.4 is 11.1 Å². The summed E-state index contributed by atoms with van der Waals surface area (Å²) in [5.41, 5.74) is 9.44. The molecule has 1 aliphatic heterocycles. The van der Waals surface area contributed by atoms with Crippen LogP contribution in [0.4, 0.5) is 15.9 Å². The molecule has 0 bridgehead atoms. The number of aromatic nitrogens is 3. The summed E-state index contributed by atoms with van der Waals surface area (Å²) in [6.07, 6.45) is 4.34. The fourth-order valence-corrected chi connectivity index (χ4v) is 6.03. The van der Waals surface area contributed by atoms with Gasteiger partial charge in [0.1, 0.15) is 11.6 Å². The van der Waals surface area contributed by atoms with Gasteiger partial charge in [0.2, 0.25) is 0 Å². The third kappa shape index (κ3) is 3.35. The summed E-state index contributed by atoms with van der Waals surface area (Å²) in [6, 6.07) is 5.46. The van der Waals surface area contributed by atoms with Gasteiger partial charge in [-0.15, -0.1) is 0 Å². The van der Waals surface area contributed by atoms with Crippen LogP contribution in [0.15, 0.2) is 24.4 Å². The van der Waals surface area contributed by atoms with E-state index >= 15 is 4.39 Å². The first-order valence-corrected chi connectivity index (χ1v) is 11.8. The molecule has 1 fully saturated rings. The largest absolute Gasteiger partial charge is 0.398 e. The molecule has 5 rings (SSSR count). The quantitative estimate of drug-likeness (QED) is 0.527. The number of carbonyl (C=O) groups excluding carboxylic acids is 1. The number of nitrogens with zero attached hydrogens (tertiary/aromatic N) is 4. The summed E-state index contributed by atoms with van der Waals surface area (Å²) < 4.78 is 17.7. The molecule has 7 nitrogen and oxygen atoms in total. The highest BCUT2D eigenvalue weighted by Gasteiger charge is 2.48. The molecule has 34 heavy (non-hydrogen) atoms. The molecule has 0 saturated heterocycles. The normalized spacial score (nSPS) is 21.1. The maximum atomic E-state index is 15.6. The number of amides is 1. The molecular formula is C25H28ClFN6O. The number of carbonyl (C=O) groups is 1. The number of halogens is 2. The van der Waals surface area contributed by atoms with Gasteiger partial charge in [-0.2, -0.15) is 5.10 Å². The van der Waals surface area contributed by atoms with Crippen molar-refractivity contribution in [3.63, 3.8) is 0 Å². The van der Waals surface area contributed by atoms with Crippen LogP contribution in [-0.4, -0.2) is 46.2 Å². The van der Waals surface area contributed by atoms with Gasteiger partial charge in [-0.1, -0.05) is 11.6 Å². The predicted molar refractivity (Wildman–Crippen MR) is 132 cm³/mol. The van der Waals surface area contributed by atoms with Crippen molar-refractivity contribution in [2.75, 3.05) is 31.7 Å². The van der Waals surface area contributed by atoms with Crippen molar-refractivity contribution in [2.45, 2.75) is 44.6 Å². The molecule has 3 heterocycles. The van der Waals surface area contributed by atoms with Crippen LogP contribution in [0.25, 0.3) is 11.1 Å². The summed E-state index contributed by atoms with van der Waals surface area (Å²) in [5, 5.41) is 8.58. The number of nitrogens with two attached hydrogens (primary N) is 1. The van der Waals surface area contributed by atoms with Crippen LogP contribution >= 0.6 is 11.6 Å². The molecule has 2 atom stereocenters. The molecule has 178 valence electrons. The van der Waals surface area contributed by atoms with E-state index in [-0.39, 0.29) is 28.3 Å². The standard InChI is InChI=1S/C25H28ClFN6O/c1-13-9-14(2)33(31-13)15-7-8-25(10-15)12-30-23-20(25)21(26)17(11-29-23)16-5-6-18(28)19(22(16)27)24(34)32(3)4/h5-6,9,11,15H,7-8,10,12,28H2,1-4H3,(H,29,30). The predicted octanol–water partition coefficient (Wildman–Crippen LogP) is 4.73. The van der Waals surface area contributed by atoms with E-state index in [0.717, 1.165) is 48.6 Å². The van der Waals surface area contributed by atoms with Crippen LogP contribution in [0, 0.1) is 19.7 Å². The molecular weight excluding hydrogens is 455 g/mol. The highest BCUT2D eigenvalue weighted by atomic mass is 35.5. The Bertz CT molecular complexity index is 1320. The number of hydrogen-bond donors (Lipinski definition) is 2. The van der Waals surface area contributed by atoms with E-state index in [4.69, 9.17) is 22.4 Å². The summed E-state index contributed by atoms with van der Waals surface area (Å²) in [7, 11) is 3.12. The molecule has 9 heteroatoms. The topological polar surface area (TPSA) is 89.1 Å². The van der Waals surface area contributed by atoms with E-state index in [2.05, 4.69) is 28.0 Å². The van der Waals surface area contributed by atoms with Gasteiger partial charge in [0.15, 0.2) is 0 Å². The van der Waals surface area contributed by atoms with Crippen LogP contribution in [0.3, 0.4) is 0 Å². The van der Waals surface area contributed by atoms with Crippen LogP contribution in [-0.2, 0) is 5.41 Å². The molecule has 2 unspecified atom stereocenters. The van der Waals surface area contributed by atoms with Gasteiger partial charge in [-0.05, 0) is 51.3 Å². The maximum absolute atomic E-state index is 15.6. The van der Waals surface area contributed by atoms with Crippen molar-refractivity contribution in [2.24, 2.45) is 0 Å². The SMILES string of the molecule is Cc1cc(C)n(C2CCC3(CNc4ncc(-c5ccc(N)c(C(=O)N(C)C)c5F)c(Cl)c43)C2)n1. The van der Waals surface area contributed by atoms with Gasteiger partial charge in [-0.3, -0.25) is 9.48 Å². The Hall–Kier alpha value is -3.13. The Morgan fingerprint density at radius 1 is 1.32 bits per heavy atom. The smallest absolute Gasteiger partial charge is 0.258 e. The first-order valence-electron chi connectivity index (χ1n) is 11.4. The number of hydrogen-bond acceptors (Lipinski definition) is 5. The lowest BCUT2D eigenvalue weighted by Gasteiger charge is -2.25. The second kappa shape index (κ2) is 7.98. The molecule has 3 N–H and O–H groups in total. The molecule has 1 spiro atoms. The Kier molecular flexibility index (Phi) is 5.31. The van der Waals surface area contributed by atoms with Gasteiger partial charge < -0.3 is 16.0 Å². The lowest BCUT2D eigenvalue weighted by atomic mass is 9.80. The molecule has 1 amide bonds. The number of anilines is 2. The average molecular weight is 483 g/mol. The molecule has 3 aromatic rings. The third-order valence-electron chi connectivity index (χ3n) is 7.20. The van der Waals surface area contributed by atoms with E-state index in [9.17, 15) is 4.79 Å². The van der Waals surface area contributed by atoms with Gasteiger partial charge in [-0.25, -0.2) is 9.37 Å². The van der Waals surface area contributed by atoms with E-state index in [1.165, 1.54) is 4.90 Å². The Labute approximate surface area is 203 Å². The van der Waals surface area contributed by atoms with Crippen molar-refractivity contribution in [3.05, 3.63) is 57.8 Å². The molecule has 1 aromatic carbocycles. The summed E-state index contributed by atoms with van der Waals surface area (Å²) in [4.78, 5) is 18.5. The monoisotopic (exact) mass is 482 g/mol. The highest BCUT2D eigenvalue weighted by molar-refractivity contribution is 6.34. The van der Waals surface area contributed by atoms with Gasteiger partial charge in [0, 0.05) is 60.3 Å². The van der Waals surface area contributed by atoms with E-state index in [0.29, 0.717) is 10.6 Å². The fraction of sp³-hybridized carbons (Fsp3) is 0.400. The summed E-state index contributed by atoms with van der Waals surface area (Å²) >= 11 is 7.00. The number of fused-ring (bicyclic) bond motifs is 2. The van der Waals surface area contributed by atoms with Crippen molar-refractivity contribution in [1.82, 2.24) is 19.7 Å². The van der Waals surface area contributed by atoms with E-state index < -0.39 is 11.7 Å². The lowest BCUT2D eigenvalue weighted by Crippen LogP contribution is -2.26. The zero-order chi connectivity index (χ0) is 24.4. The summed E-state index contributed by atoms with van der Waals surface area (Å²) in [6.45, 7) is 4.81. The Morgan fingerprint density at radius 3 is 2.76 bits per heavy atom. The van der Waals surface area contributed by atoms with Crippen molar-refractivity contribution < 1.29 is 9.18 Å². The zero-order valence-electron chi connectivity index (χ0n) is 19.7. The molecule has 1 aliphatic carbocycles. The second-order valence-electron chi connectivity index (χ2n) is 9.70. The maximum Gasteiger partial charge on any atom is 0.258 e. The zero-order valence-corrected chi connectivity index (χ0v) is 20.5. The molecule has 0 radical (unpaired) electrons. The first kappa shape index (κ1) is 22.7. The number of rotatable bonds is 3. The van der Waals surface area contributed by atoms with Gasteiger partial charge >= 0.3 is 0 Å². The van der Waals surface area contributed by atoms with Crippen molar-refractivity contribution in [1.29, 1.82) is 0 Å². The van der Waals surface area contributed by atoms with Crippen LogP contribution in [0.2, 0.25) is 5.02 Å². The lowest BCUT2D eigenvalue weighted by molar-refractivity contribution is 0.0824. The number of nitrogens with one attached hydrogen (secondary N) is 1. The number of pyridine rings is 1. The second-order valence-corrected chi connectivity index (χ2v) is 10.1. The van der Waals surface area contributed by atoms with Crippen molar-refractivity contribution in [3.8, 4) is 11.1 Å². The van der Waals surface area contributed by atoms with Gasteiger partial charge in [0.05, 0.1) is 22.3 Å². The van der Waals surface area contributed by atoms with Crippen LogP contribution in [0.1, 0.15) is 52.6 Å². The Morgan fingerprint density at radius 2 is 2.09 bits per heavy atom. The number of nitrogen functional groups attached to an aromatic ring is 1. The fourth-order valence-electron chi connectivity index (χ4n) is 5.59. The first-order chi connectivity index (χ1) is 16.1. The molecule has 2 aromatic heterocycles. The minimum absolute atomic E-state index is 0.0897. The van der Waals surface area contributed by atoms with E-state index in [1.807, 2.05) is 6.92 Å². The summed E-state index contributed by atoms with van der Waals surface area (Å²) in [5.74, 6) is -0.443. The highest BCUT2D eigenvalue weighted by Crippen LogP contribution is 2.54. The molecule has 1 saturated carbocycles. The minimum atomic E-state index is -0.686. The number of aryl methyl sites for hydroxylation is 2. The number of benzene rings is 1. The van der Waals surface area contributed by atoms with E-state index in [1.54, 1.807) is 32.4 Å². The molecule has 2 aliphatic rings. The minimum Gasteiger partial charge on any atom is -0.398 e. The third-order valence-corrected chi connectivity index (χ3v) is 7.59. The Balaban J connectivity index is 1.58. The van der Waals surface area contributed by atoms with Gasteiger partial charge in [0.25, 0.3) is 5.91 Å².